The van der Waals surface area contributed by atoms with Gasteiger partial charge in [0.25, 0.3) is 0 Å². The van der Waals surface area contributed by atoms with E-state index in [-0.39, 0.29) is 5.91 Å². The minimum atomic E-state index is -0.429. The van der Waals surface area contributed by atoms with Crippen LogP contribution in [0.15, 0.2) is 30.3 Å². The number of nitrogens with zero attached hydrogens (tertiary/aromatic N) is 1. The first-order valence-corrected chi connectivity index (χ1v) is 7.92. The average Bonchev–Trinajstić information content (AvgIpc) is 2.45. The van der Waals surface area contributed by atoms with Gasteiger partial charge in [0.05, 0.1) is 0 Å². The lowest BCUT2D eigenvalue weighted by Gasteiger charge is -2.32. The van der Waals surface area contributed by atoms with Crippen molar-refractivity contribution in [3.8, 4) is 0 Å². The standard InChI is InChI=1S/C15H24N2OS/c1-5-17(6-2)12-15(3,19-4)14(18)16-13-10-8-7-9-11-13/h7-11H,5-6,12H2,1-4H3,(H,16,18). The predicted octanol–water partition coefficient (Wildman–Crippen LogP) is 3.09. The molecule has 19 heavy (non-hydrogen) atoms. The minimum absolute atomic E-state index is 0.0677. The van der Waals surface area contributed by atoms with Crippen molar-refractivity contribution in [3.63, 3.8) is 0 Å². The molecule has 0 aliphatic carbocycles. The number of anilines is 1. The van der Waals surface area contributed by atoms with Gasteiger partial charge in [0.2, 0.25) is 5.91 Å². The third-order valence-electron chi connectivity index (χ3n) is 3.38. The van der Waals surface area contributed by atoms with E-state index >= 15 is 0 Å². The van der Waals surface area contributed by atoms with E-state index in [0.29, 0.717) is 0 Å². The van der Waals surface area contributed by atoms with Crippen LogP contribution in [0.2, 0.25) is 0 Å². The van der Waals surface area contributed by atoms with Crippen LogP contribution in [-0.2, 0) is 4.79 Å². The van der Waals surface area contributed by atoms with E-state index in [1.165, 1.54) is 0 Å². The van der Waals surface area contributed by atoms with Gasteiger partial charge in [-0.05, 0) is 38.4 Å². The molecule has 1 amide bonds. The molecule has 0 spiro atoms. The van der Waals surface area contributed by atoms with Gasteiger partial charge in [0.15, 0.2) is 0 Å². The van der Waals surface area contributed by atoms with Gasteiger partial charge in [-0.25, -0.2) is 0 Å². The highest BCUT2D eigenvalue weighted by Gasteiger charge is 2.33. The number of amides is 1. The summed E-state index contributed by atoms with van der Waals surface area (Å²) in [6.45, 7) is 8.95. The molecule has 1 aromatic rings. The van der Waals surface area contributed by atoms with E-state index in [1.54, 1.807) is 11.8 Å². The zero-order valence-electron chi connectivity index (χ0n) is 12.3. The Bertz CT molecular complexity index is 392. The molecule has 0 heterocycles. The first kappa shape index (κ1) is 16.1. The molecule has 1 rings (SSSR count). The van der Waals surface area contributed by atoms with Crippen LogP contribution in [0, 0.1) is 0 Å². The maximum Gasteiger partial charge on any atom is 0.241 e. The molecule has 4 heteroatoms. The number of para-hydroxylation sites is 1. The maximum atomic E-state index is 12.5. The summed E-state index contributed by atoms with van der Waals surface area (Å²) in [5.74, 6) is 0.0677. The van der Waals surface area contributed by atoms with E-state index in [4.69, 9.17) is 0 Å². The topological polar surface area (TPSA) is 32.3 Å². The van der Waals surface area contributed by atoms with E-state index in [2.05, 4.69) is 24.1 Å². The molecule has 0 bridgehead atoms. The quantitative estimate of drug-likeness (QED) is 0.833. The molecule has 0 saturated carbocycles. The number of hydrogen-bond acceptors (Lipinski definition) is 3. The number of benzene rings is 1. The molecule has 1 unspecified atom stereocenters. The Kier molecular flexibility index (Phi) is 6.38. The molecule has 0 aliphatic rings. The largest absolute Gasteiger partial charge is 0.325 e. The van der Waals surface area contributed by atoms with Gasteiger partial charge in [0.1, 0.15) is 4.75 Å². The lowest BCUT2D eigenvalue weighted by Crippen LogP contribution is -2.47. The summed E-state index contributed by atoms with van der Waals surface area (Å²) in [5.41, 5.74) is 0.854. The van der Waals surface area contributed by atoms with Crippen LogP contribution in [-0.4, -0.2) is 41.4 Å². The molecule has 0 aromatic heterocycles. The van der Waals surface area contributed by atoms with Crippen LogP contribution < -0.4 is 5.32 Å². The minimum Gasteiger partial charge on any atom is -0.325 e. The molecule has 106 valence electrons. The maximum absolute atomic E-state index is 12.5. The zero-order valence-corrected chi connectivity index (χ0v) is 13.1. The molecular formula is C15H24N2OS. The van der Waals surface area contributed by atoms with Crippen LogP contribution >= 0.6 is 11.8 Å². The summed E-state index contributed by atoms with van der Waals surface area (Å²) < 4.78 is -0.429. The highest BCUT2D eigenvalue weighted by Crippen LogP contribution is 2.25. The molecule has 0 radical (unpaired) electrons. The Morgan fingerprint density at radius 3 is 2.32 bits per heavy atom. The second kappa shape index (κ2) is 7.56. The van der Waals surface area contributed by atoms with Crippen molar-refractivity contribution >= 4 is 23.4 Å². The van der Waals surface area contributed by atoms with Crippen LogP contribution in [0.25, 0.3) is 0 Å². The van der Waals surface area contributed by atoms with Crippen molar-refractivity contribution in [2.24, 2.45) is 0 Å². The average molecular weight is 280 g/mol. The first-order chi connectivity index (χ1) is 9.05. The smallest absolute Gasteiger partial charge is 0.241 e. The van der Waals surface area contributed by atoms with Gasteiger partial charge in [0, 0.05) is 12.2 Å². The monoisotopic (exact) mass is 280 g/mol. The molecule has 0 aliphatic heterocycles. The van der Waals surface area contributed by atoms with Gasteiger partial charge < -0.3 is 10.2 Å². The highest BCUT2D eigenvalue weighted by atomic mass is 32.2. The van der Waals surface area contributed by atoms with Crippen molar-refractivity contribution in [3.05, 3.63) is 30.3 Å². The lowest BCUT2D eigenvalue weighted by atomic mass is 10.1. The lowest BCUT2D eigenvalue weighted by molar-refractivity contribution is -0.118. The van der Waals surface area contributed by atoms with E-state index in [0.717, 1.165) is 25.3 Å². The molecule has 0 fully saturated rings. The van der Waals surface area contributed by atoms with E-state index in [9.17, 15) is 4.79 Å². The third kappa shape index (κ3) is 4.55. The summed E-state index contributed by atoms with van der Waals surface area (Å²) in [4.78, 5) is 14.8. The Hall–Kier alpha value is -1.00. The van der Waals surface area contributed by atoms with Crippen LogP contribution in [0.3, 0.4) is 0 Å². The second-order valence-electron chi connectivity index (χ2n) is 4.72. The molecule has 3 nitrogen and oxygen atoms in total. The van der Waals surface area contributed by atoms with Gasteiger partial charge in [-0.15, -0.1) is 11.8 Å². The van der Waals surface area contributed by atoms with Gasteiger partial charge in [-0.2, -0.15) is 0 Å². The summed E-state index contributed by atoms with van der Waals surface area (Å²) in [5, 5.41) is 3.00. The normalized spacial score (nSPS) is 14.2. The number of thioether (sulfide) groups is 1. The summed E-state index contributed by atoms with van der Waals surface area (Å²) in [7, 11) is 0. The van der Waals surface area contributed by atoms with Crippen molar-refractivity contribution in [1.29, 1.82) is 0 Å². The summed E-state index contributed by atoms with van der Waals surface area (Å²) >= 11 is 1.60. The molecule has 1 N–H and O–H groups in total. The SMILES string of the molecule is CCN(CC)CC(C)(SC)C(=O)Nc1ccccc1. The number of nitrogens with one attached hydrogen (secondary N) is 1. The fraction of sp³-hybridized carbons (Fsp3) is 0.533. The molecule has 1 aromatic carbocycles. The van der Waals surface area contributed by atoms with Crippen LogP contribution in [0.1, 0.15) is 20.8 Å². The van der Waals surface area contributed by atoms with Crippen LogP contribution in [0.4, 0.5) is 5.69 Å². The first-order valence-electron chi connectivity index (χ1n) is 6.69. The third-order valence-corrected chi connectivity index (χ3v) is 4.60. The van der Waals surface area contributed by atoms with Crippen molar-refractivity contribution in [1.82, 2.24) is 4.90 Å². The number of carbonyl (C=O) groups is 1. The fourth-order valence-corrected chi connectivity index (χ4v) is 2.44. The fourth-order valence-electron chi connectivity index (χ4n) is 1.89. The van der Waals surface area contributed by atoms with Gasteiger partial charge in [-0.3, -0.25) is 4.79 Å². The molecular weight excluding hydrogens is 256 g/mol. The number of rotatable bonds is 7. The molecule has 1 atom stereocenters. The van der Waals surface area contributed by atoms with Crippen molar-refractivity contribution in [2.75, 3.05) is 31.2 Å². The predicted molar refractivity (Wildman–Crippen MR) is 84.8 cm³/mol. The molecule has 0 saturated heterocycles. The van der Waals surface area contributed by atoms with E-state index in [1.807, 2.05) is 43.5 Å². The Balaban J connectivity index is 2.74. The number of carbonyl (C=O) groups excluding carboxylic acids is 1. The Morgan fingerprint density at radius 2 is 1.84 bits per heavy atom. The van der Waals surface area contributed by atoms with Gasteiger partial charge >= 0.3 is 0 Å². The Labute approximate surface area is 120 Å². The van der Waals surface area contributed by atoms with Crippen molar-refractivity contribution in [2.45, 2.75) is 25.5 Å². The zero-order chi connectivity index (χ0) is 14.3. The number of hydrogen-bond donors (Lipinski definition) is 1. The van der Waals surface area contributed by atoms with E-state index < -0.39 is 4.75 Å². The summed E-state index contributed by atoms with van der Waals surface area (Å²) in [6.07, 6.45) is 1.99. The van der Waals surface area contributed by atoms with Crippen molar-refractivity contribution < 1.29 is 4.79 Å². The van der Waals surface area contributed by atoms with Crippen LogP contribution in [0.5, 0.6) is 0 Å². The summed E-state index contributed by atoms with van der Waals surface area (Å²) in [6, 6.07) is 9.62. The highest BCUT2D eigenvalue weighted by molar-refractivity contribution is 8.00. The Morgan fingerprint density at radius 1 is 1.26 bits per heavy atom. The second-order valence-corrected chi connectivity index (χ2v) is 6.03. The van der Waals surface area contributed by atoms with Gasteiger partial charge in [-0.1, -0.05) is 32.0 Å².